The molecule has 0 fully saturated rings. The Kier molecular flexibility index (Phi) is 12.6. The predicted octanol–water partition coefficient (Wildman–Crippen LogP) is 7.06. The van der Waals surface area contributed by atoms with Crippen LogP contribution >= 0.6 is 23.2 Å². The number of aromatic nitrogens is 8. The van der Waals surface area contributed by atoms with Crippen LogP contribution in [0.3, 0.4) is 0 Å². The zero-order valence-electron chi connectivity index (χ0n) is 34.1. The van der Waals surface area contributed by atoms with Crippen molar-refractivity contribution in [2.45, 2.75) is 79.5 Å². The van der Waals surface area contributed by atoms with Gasteiger partial charge in [-0.05, 0) is 70.0 Å². The molecule has 0 bridgehead atoms. The van der Waals surface area contributed by atoms with E-state index in [1.165, 1.54) is 21.8 Å². The van der Waals surface area contributed by atoms with Gasteiger partial charge in [0.25, 0.3) is 0 Å². The lowest BCUT2D eigenvalue weighted by molar-refractivity contribution is 0.0241. The van der Waals surface area contributed by atoms with Crippen molar-refractivity contribution >= 4 is 41.2 Å². The largest absolute Gasteiger partial charge is 0.491 e. The number of fused-ring (bicyclic) bond motifs is 2. The molecule has 0 unspecified atom stereocenters. The average molecular weight is 878 g/mol. The Balaban J connectivity index is 0.000000189. The number of amides is 1. The van der Waals surface area contributed by atoms with Gasteiger partial charge in [0.05, 0.1) is 73.7 Å². The van der Waals surface area contributed by atoms with Crippen molar-refractivity contribution in [1.29, 1.82) is 0 Å². The van der Waals surface area contributed by atoms with Gasteiger partial charge in [-0.1, -0.05) is 23.2 Å². The molecule has 6 aromatic rings. The lowest BCUT2D eigenvalue weighted by atomic mass is 10.00. The number of anilines is 2. The van der Waals surface area contributed by atoms with Crippen LogP contribution in [-0.2, 0) is 44.0 Å². The molecule has 0 radical (unpaired) electrons. The maximum Gasteiger partial charge on any atom is 0.410 e. The van der Waals surface area contributed by atoms with E-state index < -0.39 is 17.5 Å². The molecule has 16 nitrogen and oxygen atoms in total. The molecule has 5 N–H and O–H groups in total. The summed E-state index contributed by atoms with van der Waals surface area (Å²) in [7, 11) is 0. The SMILES string of the molecule is Cc1cc(Cl)cc(OCCn2cc(F)cn2)c1-c1nc(N)nc2c1CN(C(=O)OC(C)(C)C)C2.Cc1cc(Cl)cc(OCCn2cc(F)cn2)c1-c1nc(N)nc2c1CNC2. The van der Waals surface area contributed by atoms with Crippen molar-refractivity contribution in [3.8, 4) is 34.0 Å². The van der Waals surface area contributed by atoms with E-state index in [4.69, 9.17) is 48.9 Å². The van der Waals surface area contributed by atoms with Gasteiger partial charge >= 0.3 is 6.09 Å². The highest BCUT2D eigenvalue weighted by Crippen LogP contribution is 2.41. The maximum atomic E-state index is 13.2. The first-order valence-corrected chi connectivity index (χ1v) is 20.0. The number of ether oxygens (including phenoxy) is 3. The number of nitrogens with two attached hydrogens (primary N) is 2. The van der Waals surface area contributed by atoms with Crippen LogP contribution < -0.4 is 26.3 Å². The zero-order chi connectivity index (χ0) is 43.6. The van der Waals surface area contributed by atoms with Crippen molar-refractivity contribution in [3.63, 3.8) is 0 Å². The number of carbonyl (C=O) groups excluding carboxylic acids is 1. The molecule has 2 aromatic carbocycles. The minimum atomic E-state index is -0.620. The van der Waals surface area contributed by atoms with E-state index in [0.717, 1.165) is 51.6 Å². The van der Waals surface area contributed by atoms with E-state index >= 15 is 0 Å². The third-order valence-corrected chi connectivity index (χ3v) is 9.95. The molecule has 0 spiro atoms. The summed E-state index contributed by atoms with van der Waals surface area (Å²) in [5.74, 6) is 0.606. The Morgan fingerprint density at radius 3 is 1.75 bits per heavy atom. The molecule has 2 aliphatic heterocycles. The molecule has 6 heterocycles. The minimum absolute atomic E-state index is 0.0899. The van der Waals surface area contributed by atoms with Crippen LogP contribution in [0.1, 0.15) is 54.4 Å². The lowest BCUT2D eigenvalue weighted by Gasteiger charge is -2.24. The van der Waals surface area contributed by atoms with Gasteiger partial charge in [0.1, 0.15) is 30.3 Å². The van der Waals surface area contributed by atoms with Gasteiger partial charge in [-0.15, -0.1) is 0 Å². The summed E-state index contributed by atoms with van der Waals surface area (Å²) < 4.78 is 46.7. The van der Waals surface area contributed by atoms with Crippen LogP contribution in [0.15, 0.2) is 49.1 Å². The number of hydrogen-bond acceptors (Lipinski definition) is 13. The van der Waals surface area contributed by atoms with Crippen molar-refractivity contribution < 1.29 is 27.8 Å². The van der Waals surface area contributed by atoms with Crippen LogP contribution in [0.5, 0.6) is 11.5 Å². The van der Waals surface area contributed by atoms with Gasteiger partial charge in [-0.3, -0.25) is 14.3 Å². The number of hydrogen-bond donors (Lipinski definition) is 3. The summed E-state index contributed by atoms with van der Waals surface area (Å²) in [5.41, 5.74) is 19.2. The maximum absolute atomic E-state index is 13.2. The second-order valence-corrected chi connectivity index (χ2v) is 16.3. The van der Waals surface area contributed by atoms with Gasteiger partial charge in [-0.25, -0.2) is 33.5 Å². The van der Waals surface area contributed by atoms with Gasteiger partial charge in [0, 0.05) is 45.4 Å². The first kappa shape index (κ1) is 43.0. The highest BCUT2D eigenvalue weighted by Gasteiger charge is 2.33. The predicted molar refractivity (Wildman–Crippen MR) is 225 cm³/mol. The van der Waals surface area contributed by atoms with E-state index in [1.807, 2.05) is 40.7 Å². The first-order valence-electron chi connectivity index (χ1n) is 19.2. The second kappa shape index (κ2) is 17.9. The number of nitrogen functional groups attached to an aromatic ring is 2. The van der Waals surface area contributed by atoms with E-state index in [9.17, 15) is 13.6 Å². The Labute approximate surface area is 360 Å². The minimum Gasteiger partial charge on any atom is -0.491 e. The number of carbonyl (C=O) groups is 1. The number of rotatable bonds is 10. The summed E-state index contributed by atoms with van der Waals surface area (Å²) in [6.07, 6.45) is 4.46. The molecule has 1 amide bonds. The van der Waals surface area contributed by atoms with Crippen LogP contribution in [0.2, 0.25) is 10.0 Å². The monoisotopic (exact) mass is 876 g/mol. The Hall–Kier alpha value is -6.11. The van der Waals surface area contributed by atoms with E-state index in [0.29, 0.717) is 71.3 Å². The molecule has 4 aromatic heterocycles. The zero-order valence-corrected chi connectivity index (χ0v) is 35.6. The quantitative estimate of drug-likeness (QED) is 0.127. The molecule has 61 heavy (non-hydrogen) atoms. The van der Waals surface area contributed by atoms with Crippen LogP contribution in [0.4, 0.5) is 25.5 Å². The molecule has 0 saturated heterocycles. The third kappa shape index (κ3) is 10.3. The molecule has 320 valence electrons. The summed E-state index contributed by atoms with van der Waals surface area (Å²) in [6, 6.07) is 7.11. The van der Waals surface area contributed by atoms with Crippen molar-refractivity contribution in [2.75, 3.05) is 24.7 Å². The molecule has 8 rings (SSSR count). The van der Waals surface area contributed by atoms with Gasteiger partial charge in [0.15, 0.2) is 11.6 Å². The van der Waals surface area contributed by atoms with Gasteiger partial charge in [0.2, 0.25) is 11.9 Å². The third-order valence-electron chi connectivity index (χ3n) is 9.52. The molecule has 0 saturated carbocycles. The molecular weight excluding hydrogens is 833 g/mol. The molecule has 20 heteroatoms. The van der Waals surface area contributed by atoms with Gasteiger partial charge in [-0.2, -0.15) is 10.2 Å². The average Bonchev–Trinajstić information content (AvgIpc) is 3.99. The van der Waals surface area contributed by atoms with E-state index in [-0.39, 0.29) is 37.4 Å². The molecule has 0 aliphatic carbocycles. The van der Waals surface area contributed by atoms with Crippen molar-refractivity contribution in [1.82, 2.24) is 49.7 Å². The van der Waals surface area contributed by atoms with Crippen LogP contribution in [-0.4, -0.2) is 69.3 Å². The standard InChI is InChI=1S/C23H26ClFN6O3.C18H18ClFN6O/c1-13-7-14(24)8-18(33-6-5-31-10-15(25)9-27-31)19(13)20-16-11-30(22(32)34-23(2,3)4)12-17(16)28-21(26)29-20;1-10-4-11(19)5-15(27-3-2-26-9-12(20)6-23-26)16(10)17-13-7-22-8-14(13)24-18(21)25-17/h7-10H,5-6,11-12H2,1-4H3,(H2,26,28,29);4-6,9,22H,2-3,7-8H2,1H3,(H2,21,24,25). The fourth-order valence-corrected chi connectivity index (χ4v) is 7.53. The highest BCUT2D eigenvalue weighted by atomic mass is 35.5. The normalized spacial score (nSPS) is 13.1. The lowest BCUT2D eigenvalue weighted by Crippen LogP contribution is -2.33. The fourth-order valence-electron chi connectivity index (χ4n) is 7.01. The molecule has 2 aliphatic rings. The highest BCUT2D eigenvalue weighted by molar-refractivity contribution is 6.31. The second-order valence-electron chi connectivity index (χ2n) is 15.4. The number of nitrogens with one attached hydrogen (secondary N) is 1. The number of benzene rings is 2. The Morgan fingerprint density at radius 1 is 0.754 bits per heavy atom. The van der Waals surface area contributed by atoms with E-state index in [2.05, 4.69) is 35.5 Å². The topological polar surface area (TPSA) is 199 Å². The summed E-state index contributed by atoms with van der Waals surface area (Å²) in [5, 5.41) is 12.2. The van der Waals surface area contributed by atoms with Crippen LogP contribution in [0, 0.1) is 25.5 Å². The number of nitrogens with zero attached hydrogens (tertiary/aromatic N) is 9. The van der Waals surface area contributed by atoms with Crippen LogP contribution in [0.25, 0.3) is 22.5 Å². The Bertz CT molecular complexity index is 2600. The van der Waals surface area contributed by atoms with Crippen molar-refractivity contribution in [3.05, 3.63) is 104 Å². The Morgan fingerprint density at radius 2 is 1.26 bits per heavy atom. The first-order chi connectivity index (χ1) is 29.0. The van der Waals surface area contributed by atoms with E-state index in [1.54, 1.807) is 23.1 Å². The summed E-state index contributed by atoms with van der Waals surface area (Å²) in [6.45, 7) is 12.4. The smallest absolute Gasteiger partial charge is 0.410 e. The number of aryl methyl sites for hydroxylation is 2. The fraction of sp³-hybridized carbons (Fsp3) is 0.341. The summed E-state index contributed by atoms with van der Waals surface area (Å²) >= 11 is 12.6. The van der Waals surface area contributed by atoms with Gasteiger partial charge < -0.3 is 31.0 Å². The summed E-state index contributed by atoms with van der Waals surface area (Å²) in [4.78, 5) is 31.9. The molecular formula is C41H44Cl2F2N12O4. The molecule has 0 atom stereocenters. The van der Waals surface area contributed by atoms with Crippen molar-refractivity contribution in [2.24, 2.45) is 0 Å². The number of halogens is 4.